The number of nitrogens with one attached hydrogen (secondary N) is 2. The standard InChI is InChI=1S/C11H13N5O3/c12-11(17)14-9-3-8-7(4-13-9)10(16-15-8)19-6-1-2-18-5-6/h3-4,6H,1-2,5H2,(H,15,16)(H3,12,13,14,17). The number of fused-ring (bicyclic) bond motifs is 1. The Morgan fingerprint density at radius 2 is 2.53 bits per heavy atom. The van der Waals surface area contributed by atoms with Crippen LogP contribution in [0, 0.1) is 0 Å². The Hall–Kier alpha value is -2.35. The van der Waals surface area contributed by atoms with Crippen molar-refractivity contribution in [2.75, 3.05) is 18.5 Å². The molecule has 3 heterocycles. The second-order valence-electron chi connectivity index (χ2n) is 4.24. The molecule has 0 aliphatic carbocycles. The van der Waals surface area contributed by atoms with E-state index < -0.39 is 6.03 Å². The summed E-state index contributed by atoms with van der Waals surface area (Å²) in [5.41, 5.74) is 5.74. The number of urea groups is 1. The van der Waals surface area contributed by atoms with Gasteiger partial charge in [0.2, 0.25) is 5.88 Å². The number of aromatic amines is 1. The lowest BCUT2D eigenvalue weighted by Gasteiger charge is -2.08. The van der Waals surface area contributed by atoms with Gasteiger partial charge in [0.25, 0.3) is 0 Å². The molecule has 1 saturated heterocycles. The van der Waals surface area contributed by atoms with Crippen LogP contribution in [0.15, 0.2) is 12.3 Å². The van der Waals surface area contributed by atoms with Gasteiger partial charge in [0.15, 0.2) is 0 Å². The highest BCUT2D eigenvalue weighted by atomic mass is 16.5. The summed E-state index contributed by atoms with van der Waals surface area (Å²) >= 11 is 0. The summed E-state index contributed by atoms with van der Waals surface area (Å²) in [6, 6.07) is 0.983. The molecule has 0 radical (unpaired) electrons. The van der Waals surface area contributed by atoms with Gasteiger partial charge in [-0.25, -0.2) is 9.78 Å². The largest absolute Gasteiger partial charge is 0.470 e. The van der Waals surface area contributed by atoms with Crippen LogP contribution in [-0.2, 0) is 4.74 Å². The Bertz CT molecular complexity index is 605. The third-order valence-electron chi connectivity index (χ3n) is 2.83. The minimum Gasteiger partial charge on any atom is -0.470 e. The van der Waals surface area contributed by atoms with Crippen LogP contribution in [0.3, 0.4) is 0 Å². The van der Waals surface area contributed by atoms with Crippen molar-refractivity contribution in [1.29, 1.82) is 0 Å². The second-order valence-corrected chi connectivity index (χ2v) is 4.24. The Kier molecular flexibility index (Phi) is 2.92. The molecule has 1 atom stereocenters. The van der Waals surface area contributed by atoms with Gasteiger partial charge in [0.1, 0.15) is 11.9 Å². The van der Waals surface area contributed by atoms with Crippen LogP contribution in [-0.4, -0.2) is 40.5 Å². The predicted octanol–water partition coefficient (Wildman–Crippen LogP) is 0.616. The number of hydrogen-bond donors (Lipinski definition) is 3. The molecule has 0 bridgehead atoms. The van der Waals surface area contributed by atoms with E-state index in [1.165, 1.54) is 0 Å². The van der Waals surface area contributed by atoms with Crippen molar-refractivity contribution in [1.82, 2.24) is 15.2 Å². The zero-order valence-electron chi connectivity index (χ0n) is 10.0. The van der Waals surface area contributed by atoms with E-state index in [9.17, 15) is 4.79 Å². The summed E-state index contributed by atoms with van der Waals surface area (Å²) in [6.07, 6.45) is 2.45. The Balaban J connectivity index is 1.84. The van der Waals surface area contributed by atoms with Crippen molar-refractivity contribution in [3.05, 3.63) is 12.3 Å². The Labute approximate surface area is 108 Å². The molecule has 2 aromatic rings. The molecule has 3 rings (SSSR count). The van der Waals surface area contributed by atoms with Crippen LogP contribution >= 0.6 is 0 Å². The highest BCUT2D eigenvalue weighted by molar-refractivity contribution is 5.91. The Morgan fingerprint density at radius 3 is 3.26 bits per heavy atom. The summed E-state index contributed by atoms with van der Waals surface area (Å²) in [4.78, 5) is 14.8. The summed E-state index contributed by atoms with van der Waals surface area (Å²) in [7, 11) is 0. The maximum Gasteiger partial charge on any atom is 0.317 e. The van der Waals surface area contributed by atoms with E-state index in [4.69, 9.17) is 15.2 Å². The molecule has 8 nitrogen and oxygen atoms in total. The van der Waals surface area contributed by atoms with Gasteiger partial charge in [-0.1, -0.05) is 0 Å². The number of nitrogens with zero attached hydrogens (tertiary/aromatic N) is 2. The molecule has 2 amide bonds. The number of ether oxygens (including phenoxy) is 2. The fourth-order valence-corrected chi connectivity index (χ4v) is 1.94. The molecule has 19 heavy (non-hydrogen) atoms. The SMILES string of the molecule is NC(=O)Nc1cc2[nH]nc(OC3CCOC3)c2cn1. The van der Waals surface area contributed by atoms with Gasteiger partial charge in [0, 0.05) is 18.7 Å². The molecule has 0 saturated carbocycles. The van der Waals surface area contributed by atoms with Crippen LogP contribution < -0.4 is 15.8 Å². The summed E-state index contributed by atoms with van der Waals surface area (Å²) in [6.45, 7) is 1.28. The normalized spacial score (nSPS) is 18.6. The number of pyridine rings is 1. The van der Waals surface area contributed by atoms with Crippen LogP contribution in [0.1, 0.15) is 6.42 Å². The molecule has 0 aromatic carbocycles. The maximum absolute atomic E-state index is 10.7. The zero-order chi connectivity index (χ0) is 13.2. The fraction of sp³-hybridized carbons (Fsp3) is 0.364. The number of hydrogen-bond acceptors (Lipinski definition) is 5. The van der Waals surface area contributed by atoms with Crippen molar-refractivity contribution in [3.63, 3.8) is 0 Å². The first-order valence-corrected chi connectivity index (χ1v) is 5.87. The smallest absolute Gasteiger partial charge is 0.317 e. The van der Waals surface area contributed by atoms with E-state index in [2.05, 4.69) is 20.5 Å². The molecule has 1 aliphatic heterocycles. The second kappa shape index (κ2) is 4.73. The molecular formula is C11H13N5O3. The van der Waals surface area contributed by atoms with Crippen LogP contribution in [0.2, 0.25) is 0 Å². The molecule has 4 N–H and O–H groups in total. The average molecular weight is 263 g/mol. The first-order chi connectivity index (χ1) is 9.22. The number of rotatable bonds is 3. The number of nitrogens with two attached hydrogens (primary N) is 1. The lowest BCUT2D eigenvalue weighted by molar-refractivity contribution is 0.139. The van der Waals surface area contributed by atoms with Gasteiger partial charge in [-0.2, -0.15) is 0 Å². The number of primary amides is 1. The first kappa shape index (κ1) is 11.7. The highest BCUT2D eigenvalue weighted by Gasteiger charge is 2.20. The minimum absolute atomic E-state index is 0.0231. The summed E-state index contributed by atoms with van der Waals surface area (Å²) in [5.74, 6) is 0.850. The third kappa shape index (κ3) is 2.43. The molecule has 8 heteroatoms. The topological polar surface area (TPSA) is 115 Å². The number of H-pyrrole nitrogens is 1. The van der Waals surface area contributed by atoms with Crippen LogP contribution in [0.25, 0.3) is 10.9 Å². The van der Waals surface area contributed by atoms with E-state index in [0.29, 0.717) is 30.4 Å². The molecule has 1 unspecified atom stereocenters. The van der Waals surface area contributed by atoms with E-state index in [0.717, 1.165) is 11.8 Å². The molecular weight excluding hydrogens is 250 g/mol. The van der Waals surface area contributed by atoms with Crippen LogP contribution in [0.5, 0.6) is 5.88 Å². The number of anilines is 1. The van der Waals surface area contributed by atoms with Crippen LogP contribution in [0.4, 0.5) is 10.6 Å². The zero-order valence-corrected chi connectivity index (χ0v) is 10.0. The fourth-order valence-electron chi connectivity index (χ4n) is 1.94. The lowest BCUT2D eigenvalue weighted by atomic mass is 10.3. The number of carbonyl (C=O) groups is 1. The maximum atomic E-state index is 10.7. The summed E-state index contributed by atoms with van der Waals surface area (Å²) in [5, 5.41) is 10.1. The quantitative estimate of drug-likeness (QED) is 0.750. The van der Waals surface area contributed by atoms with Gasteiger partial charge in [0.05, 0.1) is 24.1 Å². The molecule has 100 valence electrons. The molecule has 1 aliphatic rings. The number of amides is 2. The Morgan fingerprint density at radius 1 is 1.63 bits per heavy atom. The van der Waals surface area contributed by atoms with Crippen molar-refractivity contribution in [3.8, 4) is 5.88 Å². The predicted molar refractivity (Wildman–Crippen MR) is 66.9 cm³/mol. The first-order valence-electron chi connectivity index (χ1n) is 5.87. The lowest BCUT2D eigenvalue weighted by Crippen LogP contribution is -2.19. The number of carbonyl (C=O) groups excluding carboxylic acids is 1. The van der Waals surface area contributed by atoms with E-state index in [1.807, 2.05) is 0 Å². The third-order valence-corrected chi connectivity index (χ3v) is 2.83. The van der Waals surface area contributed by atoms with Gasteiger partial charge < -0.3 is 15.2 Å². The van der Waals surface area contributed by atoms with Gasteiger partial charge in [-0.15, -0.1) is 5.10 Å². The van der Waals surface area contributed by atoms with E-state index >= 15 is 0 Å². The van der Waals surface area contributed by atoms with Crippen molar-refractivity contribution in [2.45, 2.75) is 12.5 Å². The highest BCUT2D eigenvalue weighted by Crippen LogP contribution is 2.25. The monoisotopic (exact) mass is 263 g/mol. The van der Waals surface area contributed by atoms with Crippen molar-refractivity contribution in [2.24, 2.45) is 5.73 Å². The minimum atomic E-state index is -0.661. The van der Waals surface area contributed by atoms with Crippen molar-refractivity contribution >= 4 is 22.8 Å². The van der Waals surface area contributed by atoms with Gasteiger partial charge in [-0.05, 0) is 0 Å². The number of aromatic nitrogens is 3. The van der Waals surface area contributed by atoms with E-state index in [1.54, 1.807) is 12.3 Å². The summed E-state index contributed by atoms with van der Waals surface area (Å²) < 4.78 is 11.0. The average Bonchev–Trinajstić information content (AvgIpc) is 2.99. The van der Waals surface area contributed by atoms with Gasteiger partial charge >= 0.3 is 6.03 Å². The molecule has 1 fully saturated rings. The van der Waals surface area contributed by atoms with Gasteiger partial charge in [-0.3, -0.25) is 10.4 Å². The van der Waals surface area contributed by atoms with E-state index in [-0.39, 0.29) is 6.10 Å². The molecule has 2 aromatic heterocycles. The molecule has 0 spiro atoms. The van der Waals surface area contributed by atoms with Crippen molar-refractivity contribution < 1.29 is 14.3 Å².